The third kappa shape index (κ3) is 4.38. The van der Waals surface area contributed by atoms with E-state index in [1.54, 1.807) is 6.33 Å². The van der Waals surface area contributed by atoms with E-state index in [0.717, 1.165) is 22.2 Å². The molecule has 2 aliphatic heterocycles. The maximum Gasteiger partial charge on any atom is 0.268 e. The van der Waals surface area contributed by atoms with E-state index in [9.17, 15) is 18.0 Å². The number of hydrazone groups is 1. The number of benzene rings is 2. The van der Waals surface area contributed by atoms with Crippen LogP contribution in [0.25, 0.3) is 11.0 Å². The fourth-order valence-corrected chi connectivity index (χ4v) is 6.03. The van der Waals surface area contributed by atoms with Gasteiger partial charge in [-0.2, -0.15) is 5.10 Å². The van der Waals surface area contributed by atoms with Crippen LogP contribution in [0.3, 0.4) is 0 Å². The summed E-state index contributed by atoms with van der Waals surface area (Å²) in [4.78, 5) is 33.0. The van der Waals surface area contributed by atoms with Crippen LogP contribution < -0.4 is 5.32 Å². The molecule has 2 aliphatic rings. The molecule has 2 aromatic carbocycles. The molecular formula is C23H23N5O4S. The minimum absolute atomic E-state index is 0.0324. The minimum atomic E-state index is -3.18. The highest BCUT2D eigenvalue weighted by Gasteiger charge is 2.37. The fourth-order valence-electron chi connectivity index (χ4n) is 4.34. The largest absolute Gasteiger partial charge is 0.345 e. The fraction of sp³-hybridized carbons (Fsp3) is 0.304. The van der Waals surface area contributed by atoms with Crippen LogP contribution in [0.2, 0.25) is 0 Å². The summed E-state index contributed by atoms with van der Waals surface area (Å²) < 4.78 is 23.7. The van der Waals surface area contributed by atoms with Crippen molar-refractivity contribution in [1.29, 1.82) is 0 Å². The van der Waals surface area contributed by atoms with Gasteiger partial charge in [-0.25, -0.2) is 18.4 Å². The number of H-pyrrole nitrogens is 1. The molecule has 2 atom stereocenters. The summed E-state index contributed by atoms with van der Waals surface area (Å²) in [6, 6.07) is 14.4. The minimum Gasteiger partial charge on any atom is -0.345 e. The summed E-state index contributed by atoms with van der Waals surface area (Å²) in [6.07, 6.45) is 2.29. The molecule has 0 bridgehead atoms. The van der Waals surface area contributed by atoms with Crippen LogP contribution in [-0.4, -0.2) is 58.5 Å². The SMILES string of the molecule is O=C(N[C@@H](c1ccccc1)c1ccc2nc[nH]c2c1)C1=NN([C@H]2CCS(=O)(=O)C2)C(=O)CC1. The number of carbonyl (C=O) groups excluding carboxylic acids is 2. The molecule has 0 unspecified atom stereocenters. The first kappa shape index (κ1) is 21.3. The highest BCUT2D eigenvalue weighted by molar-refractivity contribution is 7.91. The summed E-state index contributed by atoms with van der Waals surface area (Å²) >= 11 is 0. The van der Waals surface area contributed by atoms with Crippen molar-refractivity contribution >= 4 is 38.4 Å². The molecule has 33 heavy (non-hydrogen) atoms. The van der Waals surface area contributed by atoms with E-state index < -0.39 is 21.9 Å². The average molecular weight is 466 g/mol. The molecule has 1 saturated heterocycles. The zero-order valence-electron chi connectivity index (χ0n) is 17.8. The second-order valence-corrected chi connectivity index (χ2v) is 10.6. The van der Waals surface area contributed by atoms with Crippen LogP contribution in [0.4, 0.5) is 0 Å². The molecule has 170 valence electrons. The Bertz CT molecular complexity index is 1350. The smallest absolute Gasteiger partial charge is 0.268 e. The van der Waals surface area contributed by atoms with Gasteiger partial charge in [-0.3, -0.25) is 9.59 Å². The summed E-state index contributed by atoms with van der Waals surface area (Å²) in [5, 5.41) is 8.56. The Morgan fingerprint density at radius 2 is 1.94 bits per heavy atom. The summed E-state index contributed by atoms with van der Waals surface area (Å²) in [6.45, 7) is 0. The van der Waals surface area contributed by atoms with Crippen molar-refractivity contribution in [3.63, 3.8) is 0 Å². The number of imidazole rings is 1. The first-order valence-electron chi connectivity index (χ1n) is 10.8. The molecular weight excluding hydrogens is 442 g/mol. The molecule has 2 N–H and O–H groups in total. The molecule has 2 amide bonds. The number of aromatic amines is 1. The number of hydrogen-bond donors (Lipinski definition) is 2. The number of aromatic nitrogens is 2. The predicted octanol–water partition coefficient (Wildman–Crippen LogP) is 1.93. The molecule has 5 rings (SSSR count). The van der Waals surface area contributed by atoms with E-state index in [1.807, 2.05) is 48.5 Å². The maximum atomic E-state index is 13.2. The molecule has 0 radical (unpaired) electrons. The molecule has 1 aromatic heterocycles. The van der Waals surface area contributed by atoms with Crippen molar-refractivity contribution in [3.8, 4) is 0 Å². The maximum absolute atomic E-state index is 13.2. The zero-order valence-corrected chi connectivity index (χ0v) is 18.6. The van der Waals surface area contributed by atoms with Crippen LogP contribution in [0.1, 0.15) is 36.4 Å². The number of hydrogen-bond acceptors (Lipinski definition) is 6. The predicted molar refractivity (Wildman–Crippen MR) is 123 cm³/mol. The van der Waals surface area contributed by atoms with Crippen LogP contribution in [0.5, 0.6) is 0 Å². The van der Waals surface area contributed by atoms with Gasteiger partial charge in [-0.15, -0.1) is 0 Å². The van der Waals surface area contributed by atoms with E-state index in [-0.39, 0.29) is 41.9 Å². The summed E-state index contributed by atoms with van der Waals surface area (Å²) in [7, 11) is -3.18. The lowest BCUT2D eigenvalue weighted by Gasteiger charge is -2.28. The van der Waals surface area contributed by atoms with E-state index >= 15 is 0 Å². The number of nitrogens with one attached hydrogen (secondary N) is 2. The van der Waals surface area contributed by atoms with Crippen molar-refractivity contribution < 1.29 is 18.0 Å². The Balaban J connectivity index is 1.43. The average Bonchev–Trinajstić information content (AvgIpc) is 3.43. The van der Waals surface area contributed by atoms with Crippen molar-refractivity contribution in [2.75, 3.05) is 11.5 Å². The van der Waals surface area contributed by atoms with Gasteiger partial charge in [0.25, 0.3) is 5.91 Å². The van der Waals surface area contributed by atoms with Crippen LogP contribution in [0.15, 0.2) is 60.0 Å². The van der Waals surface area contributed by atoms with Crippen LogP contribution in [0, 0.1) is 0 Å². The van der Waals surface area contributed by atoms with Crippen molar-refractivity contribution in [2.24, 2.45) is 5.10 Å². The van der Waals surface area contributed by atoms with E-state index in [0.29, 0.717) is 6.42 Å². The third-order valence-corrected chi connectivity index (χ3v) is 7.81. The van der Waals surface area contributed by atoms with Gasteiger partial charge in [-0.05, 0) is 29.7 Å². The quantitative estimate of drug-likeness (QED) is 0.596. The second-order valence-electron chi connectivity index (χ2n) is 8.34. The number of sulfone groups is 1. The molecule has 3 heterocycles. The molecule has 0 aliphatic carbocycles. The topological polar surface area (TPSA) is 125 Å². The lowest BCUT2D eigenvalue weighted by Crippen LogP contribution is -2.44. The second kappa shape index (κ2) is 8.43. The number of carbonyl (C=O) groups is 2. The lowest BCUT2D eigenvalue weighted by atomic mass is 9.97. The number of nitrogens with zero attached hydrogens (tertiary/aromatic N) is 3. The molecule has 9 nitrogen and oxygen atoms in total. The Labute approximate surface area is 190 Å². The number of rotatable bonds is 5. The van der Waals surface area contributed by atoms with Crippen LogP contribution in [-0.2, 0) is 19.4 Å². The highest BCUT2D eigenvalue weighted by Crippen LogP contribution is 2.26. The van der Waals surface area contributed by atoms with Gasteiger partial charge in [0.05, 0.1) is 41.0 Å². The van der Waals surface area contributed by atoms with Crippen molar-refractivity contribution in [2.45, 2.75) is 31.3 Å². The molecule has 0 saturated carbocycles. The molecule has 0 spiro atoms. The van der Waals surface area contributed by atoms with Gasteiger partial charge in [-0.1, -0.05) is 36.4 Å². The van der Waals surface area contributed by atoms with Gasteiger partial charge in [0.1, 0.15) is 5.71 Å². The van der Waals surface area contributed by atoms with E-state index in [4.69, 9.17) is 0 Å². The molecule has 3 aromatic rings. The zero-order chi connectivity index (χ0) is 23.0. The van der Waals surface area contributed by atoms with Gasteiger partial charge < -0.3 is 10.3 Å². The number of fused-ring (bicyclic) bond motifs is 1. The van der Waals surface area contributed by atoms with E-state index in [1.165, 1.54) is 5.01 Å². The number of amides is 2. The van der Waals surface area contributed by atoms with E-state index in [2.05, 4.69) is 20.4 Å². The monoisotopic (exact) mass is 465 g/mol. The lowest BCUT2D eigenvalue weighted by molar-refractivity contribution is -0.133. The Kier molecular flexibility index (Phi) is 5.45. The first-order chi connectivity index (χ1) is 15.9. The van der Waals surface area contributed by atoms with Crippen molar-refractivity contribution in [3.05, 3.63) is 66.0 Å². The van der Waals surface area contributed by atoms with Crippen LogP contribution >= 0.6 is 0 Å². The van der Waals surface area contributed by atoms with Gasteiger partial charge in [0.15, 0.2) is 9.84 Å². The Morgan fingerprint density at radius 3 is 2.70 bits per heavy atom. The highest BCUT2D eigenvalue weighted by atomic mass is 32.2. The Morgan fingerprint density at radius 1 is 1.12 bits per heavy atom. The molecule has 1 fully saturated rings. The van der Waals surface area contributed by atoms with Gasteiger partial charge in [0, 0.05) is 12.8 Å². The standard InChI is InChI=1S/C23H23N5O4S/c29-21-9-8-19(27-28(21)17-10-11-33(31,32)13-17)23(30)26-22(15-4-2-1-3-5-15)16-6-7-18-20(12-16)25-14-24-18/h1-7,12,14,17,22H,8-11,13H2,(H,24,25)(H,26,30)/t17-,22-/m0/s1. The normalized spacial score (nSPS) is 21.1. The van der Waals surface area contributed by atoms with Gasteiger partial charge in [0.2, 0.25) is 5.91 Å². The van der Waals surface area contributed by atoms with Gasteiger partial charge >= 0.3 is 0 Å². The van der Waals surface area contributed by atoms with Crippen molar-refractivity contribution in [1.82, 2.24) is 20.3 Å². The summed E-state index contributed by atoms with van der Waals surface area (Å²) in [5.74, 6) is -0.719. The first-order valence-corrected chi connectivity index (χ1v) is 12.6. The summed E-state index contributed by atoms with van der Waals surface area (Å²) in [5.41, 5.74) is 3.68. The Hall–Kier alpha value is -3.53. The molecule has 10 heteroatoms. The third-order valence-electron chi connectivity index (χ3n) is 6.06.